The first-order valence-corrected chi connectivity index (χ1v) is 13.1. The van der Waals surface area contributed by atoms with Crippen LogP contribution < -0.4 is 5.32 Å². The SMILES string of the molecule is CCCC(C)(C)[C@](C)(CC)C(CC)NC=O.Cc1ccc(C)c(SN2CCCCC2)c1. The molecule has 1 aromatic carbocycles. The highest BCUT2D eigenvalue weighted by molar-refractivity contribution is 7.97. The van der Waals surface area contributed by atoms with E-state index >= 15 is 0 Å². The summed E-state index contributed by atoms with van der Waals surface area (Å²) in [6.45, 7) is 20.4. The Morgan fingerprint density at radius 2 is 1.74 bits per heavy atom. The number of hydrogen-bond acceptors (Lipinski definition) is 3. The van der Waals surface area contributed by atoms with Gasteiger partial charge in [-0.05, 0) is 85.9 Å². The standard InChI is InChI=1S/C14H29NO.C13H19NS/c1-7-10-13(4,5)14(6,9-3)12(8-2)15-11-16;1-11-6-7-12(2)13(10-11)15-14-8-4-3-5-9-14/h11-12H,7-10H2,1-6H3,(H,15,16);6-7,10H,3-5,8-9H2,1-2H3/t12?,14-;/m1./s1. The summed E-state index contributed by atoms with van der Waals surface area (Å²) in [6.07, 6.45) is 9.47. The van der Waals surface area contributed by atoms with Gasteiger partial charge in [-0.3, -0.25) is 4.79 Å². The summed E-state index contributed by atoms with van der Waals surface area (Å²) >= 11 is 1.94. The molecule has 0 saturated carbocycles. The molecule has 0 spiro atoms. The number of aryl methyl sites for hydroxylation is 2. The molecular formula is C27H48N2OS. The molecule has 0 aliphatic carbocycles. The van der Waals surface area contributed by atoms with Crippen molar-refractivity contribution in [3.8, 4) is 0 Å². The number of nitrogens with one attached hydrogen (secondary N) is 1. The molecule has 2 atom stereocenters. The summed E-state index contributed by atoms with van der Waals surface area (Å²) in [5, 5.41) is 3.01. The molecule has 1 aliphatic rings. The first-order valence-electron chi connectivity index (χ1n) is 12.3. The van der Waals surface area contributed by atoms with E-state index in [-0.39, 0.29) is 16.9 Å². The maximum atomic E-state index is 10.7. The Labute approximate surface area is 197 Å². The van der Waals surface area contributed by atoms with E-state index in [0.717, 1.165) is 19.3 Å². The molecular weight excluding hydrogens is 400 g/mol. The Kier molecular flexibility index (Phi) is 12.2. The van der Waals surface area contributed by atoms with E-state index in [9.17, 15) is 4.79 Å². The smallest absolute Gasteiger partial charge is 0.207 e. The van der Waals surface area contributed by atoms with Gasteiger partial charge >= 0.3 is 0 Å². The minimum Gasteiger partial charge on any atom is -0.355 e. The van der Waals surface area contributed by atoms with Gasteiger partial charge in [0.1, 0.15) is 0 Å². The van der Waals surface area contributed by atoms with Crippen LogP contribution in [0.25, 0.3) is 0 Å². The van der Waals surface area contributed by atoms with E-state index < -0.39 is 0 Å². The fraction of sp³-hybridized carbons (Fsp3) is 0.741. The lowest BCUT2D eigenvalue weighted by atomic mass is 9.59. The number of rotatable bonds is 10. The van der Waals surface area contributed by atoms with Crippen LogP contribution in [0.1, 0.15) is 97.6 Å². The molecule has 4 heteroatoms. The average molecular weight is 449 g/mol. The van der Waals surface area contributed by atoms with Crippen molar-refractivity contribution in [2.45, 2.75) is 111 Å². The third-order valence-corrected chi connectivity index (χ3v) is 8.75. The minimum atomic E-state index is 0.165. The van der Waals surface area contributed by atoms with Gasteiger partial charge in [0.05, 0.1) is 0 Å². The molecule has 178 valence electrons. The van der Waals surface area contributed by atoms with Gasteiger partial charge in [-0.15, -0.1) is 0 Å². The highest BCUT2D eigenvalue weighted by atomic mass is 32.2. The fourth-order valence-electron chi connectivity index (χ4n) is 4.84. The summed E-state index contributed by atoms with van der Waals surface area (Å²) in [4.78, 5) is 12.1. The molecule has 1 N–H and O–H groups in total. The predicted molar refractivity (Wildman–Crippen MR) is 138 cm³/mol. The first kappa shape index (κ1) is 28.0. The Bertz CT molecular complexity index is 655. The van der Waals surface area contributed by atoms with Crippen LogP contribution >= 0.6 is 11.9 Å². The Balaban J connectivity index is 0.000000310. The van der Waals surface area contributed by atoms with Crippen LogP contribution in [0.4, 0.5) is 0 Å². The number of nitrogens with zero attached hydrogens (tertiary/aromatic N) is 1. The zero-order valence-corrected chi connectivity index (χ0v) is 22.3. The normalized spacial score (nSPS) is 17.8. The van der Waals surface area contributed by atoms with Crippen molar-refractivity contribution in [2.24, 2.45) is 10.8 Å². The van der Waals surface area contributed by atoms with E-state index in [2.05, 4.69) is 83.2 Å². The summed E-state index contributed by atoms with van der Waals surface area (Å²) < 4.78 is 2.51. The quantitative estimate of drug-likeness (QED) is 0.296. The van der Waals surface area contributed by atoms with Crippen molar-refractivity contribution in [2.75, 3.05) is 13.1 Å². The summed E-state index contributed by atoms with van der Waals surface area (Å²) in [6, 6.07) is 6.99. The van der Waals surface area contributed by atoms with E-state index in [1.807, 2.05) is 11.9 Å². The average Bonchev–Trinajstić information content (AvgIpc) is 2.75. The van der Waals surface area contributed by atoms with Crippen molar-refractivity contribution < 1.29 is 4.79 Å². The van der Waals surface area contributed by atoms with Crippen LogP contribution in [0.3, 0.4) is 0 Å². The van der Waals surface area contributed by atoms with Crippen LogP contribution in [0.2, 0.25) is 0 Å². The molecule has 1 heterocycles. The zero-order chi connectivity index (χ0) is 23.5. The number of benzene rings is 1. The second-order valence-corrected chi connectivity index (χ2v) is 11.1. The van der Waals surface area contributed by atoms with Crippen LogP contribution in [0, 0.1) is 24.7 Å². The fourth-order valence-corrected chi connectivity index (χ4v) is 6.01. The first-order chi connectivity index (χ1) is 14.6. The van der Waals surface area contributed by atoms with Gasteiger partial charge in [-0.25, -0.2) is 4.31 Å². The van der Waals surface area contributed by atoms with Gasteiger partial charge in [0.25, 0.3) is 0 Å². The Morgan fingerprint density at radius 3 is 2.26 bits per heavy atom. The molecule has 0 aromatic heterocycles. The maximum absolute atomic E-state index is 10.7. The second-order valence-electron chi connectivity index (χ2n) is 10.0. The van der Waals surface area contributed by atoms with Crippen LogP contribution in [0.15, 0.2) is 23.1 Å². The van der Waals surface area contributed by atoms with Crippen LogP contribution in [-0.2, 0) is 4.79 Å². The Hall–Kier alpha value is -1.00. The van der Waals surface area contributed by atoms with Crippen molar-refractivity contribution in [1.82, 2.24) is 9.62 Å². The topological polar surface area (TPSA) is 32.3 Å². The van der Waals surface area contributed by atoms with Crippen LogP contribution in [0.5, 0.6) is 0 Å². The lowest BCUT2D eigenvalue weighted by Gasteiger charge is -2.49. The van der Waals surface area contributed by atoms with Crippen LogP contribution in [-0.4, -0.2) is 29.8 Å². The van der Waals surface area contributed by atoms with Gasteiger partial charge in [0, 0.05) is 24.0 Å². The van der Waals surface area contributed by atoms with Gasteiger partial charge < -0.3 is 5.32 Å². The summed E-state index contributed by atoms with van der Waals surface area (Å²) in [7, 11) is 0. The van der Waals surface area contributed by atoms with Crippen molar-refractivity contribution >= 4 is 18.4 Å². The number of hydrogen-bond donors (Lipinski definition) is 1. The molecule has 1 aromatic rings. The van der Waals surface area contributed by atoms with Gasteiger partial charge in [0.15, 0.2) is 0 Å². The lowest BCUT2D eigenvalue weighted by Crippen LogP contribution is -2.50. The Morgan fingerprint density at radius 1 is 1.10 bits per heavy atom. The number of carbonyl (C=O) groups excluding carboxylic acids is 1. The van der Waals surface area contributed by atoms with Crippen molar-refractivity contribution in [3.63, 3.8) is 0 Å². The number of amides is 1. The summed E-state index contributed by atoms with van der Waals surface area (Å²) in [5.41, 5.74) is 3.18. The molecule has 31 heavy (non-hydrogen) atoms. The highest BCUT2D eigenvalue weighted by Crippen LogP contribution is 2.48. The van der Waals surface area contributed by atoms with E-state index in [1.165, 1.54) is 61.2 Å². The monoisotopic (exact) mass is 448 g/mol. The van der Waals surface area contributed by atoms with E-state index in [1.54, 1.807) is 0 Å². The van der Waals surface area contributed by atoms with Crippen molar-refractivity contribution in [3.05, 3.63) is 29.3 Å². The van der Waals surface area contributed by atoms with Crippen molar-refractivity contribution in [1.29, 1.82) is 0 Å². The molecule has 0 bridgehead atoms. The molecule has 3 nitrogen and oxygen atoms in total. The van der Waals surface area contributed by atoms with E-state index in [4.69, 9.17) is 0 Å². The molecule has 1 fully saturated rings. The second kappa shape index (κ2) is 13.5. The molecule has 1 unspecified atom stereocenters. The highest BCUT2D eigenvalue weighted by Gasteiger charge is 2.43. The molecule has 2 rings (SSSR count). The van der Waals surface area contributed by atoms with Gasteiger partial charge in [0.2, 0.25) is 6.41 Å². The third-order valence-electron chi connectivity index (χ3n) is 7.49. The molecule has 1 saturated heterocycles. The van der Waals surface area contributed by atoms with Gasteiger partial charge in [-0.2, -0.15) is 0 Å². The number of carbonyl (C=O) groups is 1. The minimum absolute atomic E-state index is 0.165. The summed E-state index contributed by atoms with van der Waals surface area (Å²) in [5.74, 6) is 0. The molecule has 1 amide bonds. The largest absolute Gasteiger partial charge is 0.355 e. The molecule has 1 aliphatic heterocycles. The van der Waals surface area contributed by atoms with E-state index in [0.29, 0.717) is 0 Å². The number of piperidine rings is 1. The lowest BCUT2D eigenvalue weighted by molar-refractivity contribution is -0.112. The third kappa shape index (κ3) is 8.13. The molecule has 0 radical (unpaired) electrons. The maximum Gasteiger partial charge on any atom is 0.207 e. The zero-order valence-electron chi connectivity index (χ0n) is 21.5. The van der Waals surface area contributed by atoms with Gasteiger partial charge in [-0.1, -0.05) is 66.5 Å². The predicted octanol–water partition coefficient (Wildman–Crippen LogP) is 7.55.